The summed E-state index contributed by atoms with van der Waals surface area (Å²) >= 11 is 0. The smallest absolute Gasteiger partial charge is 0.255 e. The first-order valence-electron chi connectivity index (χ1n) is 9.03. The summed E-state index contributed by atoms with van der Waals surface area (Å²) in [6.07, 6.45) is 5.29. The lowest BCUT2D eigenvalue weighted by atomic mass is 9.86. The minimum Gasteiger partial charge on any atom is -0.339 e. The fourth-order valence-electron chi connectivity index (χ4n) is 3.94. The Hall–Kier alpha value is -2.41. The van der Waals surface area contributed by atoms with Crippen LogP contribution in [0.5, 0.6) is 0 Å². The molecule has 1 unspecified atom stereocenters. The first-order valence-corrected chi connectivity index (χ1v) is 9.03. The summed E-state index contributed by atoms with van der Waals surface area (Å²) in [5.74, 6) is 0.0755. The van der Waals surface area contributed by atoms with Crippen molar-refractivity contribution in [2.75, 3.05) is 39.8 Å². The first-order chi connectivity index (χ1) is 12.4. The van der Waals surface area contributed by atoms with Crippen molar-refractivity contribution in [2.45, 2.75) is 24.8 Å². The third-order valence-electron chi connectivity index (χ3n) is 5.67. The number of rotatable bonds is 3. The van der Waals surface area contributed by atoms with Gasteiger partial charge in [-0.2, -0.15) is 0 Å². The topological polar surface area (TPSA) is 76.7 Å². The summed E-state index contributed by atoms with van der Waals surface area (Å²) in [6, 6.07) is 2.94. The van der Waals surface area contributed by atoms with Gasteiger partial charge >= 0.3 is 0 Å². The van der Waals surface area contributed by atoms with Crippen LogP contribution in [-0.2, 0) is 4.79 Å². The van der Waals surface area contributed by atoms with E-state index in [0.29, 0.717) is 38.2 Å². The zero-order valence-corrected chi connectivity index (χ0v) is 15.2. The third-order valence-corrected chi connectivity index (χ3v) is 5.67. The first kappa shape index (κ1) is 18.4. The van der Waals surface area contributed by atoms with E-state index in [9.17, 15) is 14.4 Å². The van der Waals surface area contributed by atoms with E-state index in [2.05, 4.69) is 23.5 Å². The zero-order chi connectivity index (χ0) is 18.7. The van der Waals surface area contributed by atoms with E-state index in [4.69, 9.17) is 0 Å². The number of likely N-dealkylation sites (N-methyl/N-ethyl adjacent to an activating group) is 1. The number of nitrogens with zero attached hydrogens (tertiary/aromatic N) is 3. The summed E-state index contributed by atoms with van der Waals surface area (Å²) in [6.45, 7) is 6.98. The van der Waals surface area contributed by atoms with E-state index in [1.165, 1.54) is 12.3 Å². The summed E-state index contributed by atoms with van der Waals surface area (Å²) in [5.41, 5.74) is 0.0741. The van der Waals surface area contributed by atoms with Crippen molar-refractivity contribution < 1.29 is 9.59 Å². The van der Waals surface area contributed by atoms with Crippen molar-refractivity contribution in [3.05, 3.63) is 46.9 Å². The molecule has 1 aromatic rings. The molecule has 0 aromatic carbocycles. The number of carbonyl (C=O) groups is 2. The van der Waals surface area contributed by atoms with Gasteiger partial charge in [-0.3, -0.25) is 19.3 Å². The zero-order valence-electron chi connectivity index (χ0n) is 15.2. The minimum atomic E-state index is -0.221. The molecule has 2 aliphatic rings. The molecule has 0 aliphatic carbocycles. The highest BCUT2D eigenvalue weighted by Gasteiger charge is 2.43. The van der Waals surface area contributed by atoms with Crippen molar-refractivity contribution in [1.82, 2.24) is 19.7 Å². The van der Waals surface area contributed by atoms with Crippen LogP contribution in [0.15, 0.2) is 35.8 Å². The van der Waals surface area contributed by atoms with E-state index in [0.717, 1.165) is 19.4 Å². The number of hydrogen-bond acceptors (Lipinski definition) is 4. The van der Waals surface area contributed by atoms with Gasteiger partial charge in [-0.15, -0.1) is 6.58 Å². The quantitative estimate of drug-likeness (QED) is 0.807. The van der Waals surface area contributed by atoms with Gasteiger partial charge in [-0.05, 0) is 26.0 Å². The highest BCUT2D eigenvalue weighted by Crippen LogP contribution is 2.32. The average Bonchev–Trinajstić information content (AvgIpc) is 2.79. The van der Waals surface area contributed by atoms with Crippen LogP contribution in [-0.4, -0.2) is 76.8 Å². The fourth-order valence-corrected chi connectivity index (χ4v) is 3.94. The number of aromatic nitrogens is 1. The van der Waals surface area contributed by atoms with Gasteiger partial charge in [0.2, 0.25) is 11.5 Å². The lowest BCUT2D eigenvalue weighted by molar-refractivity contribution is -0.130. The Labute approximate surface area is 153 Å². The molecule has 2 aliphatic heterocycles. The highest BCUT2D eigenvalue weighted by atomic mass is 16.2. The maximum atomic E-state index is 12.9. The number of nitrogens with one attached hydrogen (secondary N) is 1. The monoisotopic (exact) mass is 358 g/mol. The molecule has 26 heavy (non-hydrogen) atoms. The van der Waals surface area contributed by atoms with Gasteiger partial charge in [-0.1, -0.05) is 6.08 Å². The lowest BCUT2D eigenvalue weighted by Gasteiger charge is -2.49. The molecule has 1 spiro atoms. The fraction of sp³-hybridized carbons (Fsp3) is 0.526. The third kappa shape index (κ3) is 3.58. The lowest BCUT2D eigenvalue weighted by Crippen LogP contribution is -2.62. The van der Waals surface area contributed by atoms with E-state index >= 15 is 0 Å². The number of carbonyl (C=O) groups excluding carboxylic acids is 2. The summed E-state index contributed by atoms with van der Waals surface area (Å²) in [7, 11) is 2.08. The van der Waals surface area contributed by atoms with Crippen LogP contribution in [0.2, 0.25) is 0 Å². The van der Waals surface area contributed by atoms with Gasteiger partial charge in [0.1, 0.15) is 0 Å². The van der Waals surface area contributed by atoms with Crippen LogP contribution in [0, 0.1) is 0 Å². The molecule has 2 amide bonds. The molecule has 2 fully saturated rings. The molecule has 0 radical (unpaired) electrons. The molecule has 1 N–H and O–H groups in total. The number of amides is 2. The second-order valence-corrected chi connectivity index (χ2v) is 7.19. The Kier molecular flexibility index (Phi) is 5.27. The van der Waals surface area contributed by atoms with Crippen molar-refractivity contribution in [3.8, 4) is 0 Å². The van der Waals surface area contributed by atoms with Crippen LogP contribution in [0.4, 0.5) is 0 Å². The molecular weight excluding hydrogens is 332 g/mol. The Morgan fingerprint density at radius 2 is 2.08 bits per heavy atom. The molecule has 7 heteroatoms. The number of piperazine rings is 1. The van der Waals surface area contributed by atoms with Crippen molar-refractivity contribution >= 4 is 11.8 Å². The predicted octanol–water partition coefficient (Wildman–Crippen LogP) is 0.700. The minimum absolute atomic E-state index is 0.0766. The van der Waals surface area contributed by atoms with E-state index in [1.54, 1.807) is 12.1 Å². The Morgan fingerprint density at radius 1 is 1.27 bits per heavy atom. The molecule has 1 aromatic heterocycles. The molecule has 140 valence electrons. The Balaban J connectivity index is 1.78. The second-order valence-electron chi connectivity index (χ2n) is 7.19. The number of aromatic amines is 1. The van der Waals surface area contributed by atoms with Crippen LogP contribution >= 0.6 is 0 Å². The SMILES string of the molecule is C=CCN1CCC2(CCC1=O)CN(C(=O)c1ccc(=O)[nH]c1)CCN2C. The van der Waals surface area contributed by atoms with Crippen molar-refractivity contribution in [2.24, 2.45) is 0 Å². The van der Waals surface area contributed by atoms with Gasteiger partial charge in [0.25, 0.3) is 5.91 Å². The normalized spacial score (nSPS) is 24.6. The molecule has 7 nitrogen and oxygen atoms in total. The number of likely N-dealkylation sites (tertiary alicyclic amines) is 1. The van der Waals surface area contributed by atoms with Gasteiger partial charge in [0, 0.05) is 56.9 Å². The molecular formula is C19H26N4O3. The van der Waals surface area contributed by atoms with Crippen LogP contribution < -0.4 is 5.56 Å². The standard InChI is InChI=1S/C19H26N4O3/c1-3-9-22-10-8-19(7-6-17(22)25)14-23(12-11-21(19)2)18(26)15-4-5-16(24)20-13-15/h3-5,13H,1,6-12,14H2,2H3,(H,20,24). The Morgan fingerprint density at radius 3 is 2.77 bits per heavy atom. The van der Waals surface area contributed by atoms with Gasteiger partial charge in [0.05, 0.1) is 5.56 Å². The van der Waals surface area contributed by atoms with Crippen LogP contribution in [0.25, 0.3) is 0 Å². The molecule has 0 bridgehead atoms. The van der Waals surface area contributed by atoms with Crippen LogP contribution in [0.1, 0.15) is 29.6 Å². The van der Waals surface area contributed by atoms with Crippen molar-refractivity contribution in [1.29, 1.82) is 0 Å². The Bertz CT molecular complexity index is 739. The number of pyridine rings is 1. The van der Waals surface area contributed by atoms with Gasteiger partial charge in [0.15, 0.2) is 0 Å². The van der Waals surface area contributed by atoms with E-state index in [1.807, 2.05) is 9.80 Å². The molecule has 0 saturated carbocycles. The van der Waals surface area contributed by atoms with E-state index < -0.39 is 0 Å². The molecule has 3 rings (SSSR count). The van der Waals surface area contributed by atoms with Gasteiger partial charge in [-0.25, -0.2) is 0 Å². The maximum Gasteiger partial charge on any atom is 0.255 e. The second kappa shape index (κ2) is 7.45. The van der Waals surface area contributed by atoms with Crippen molar-refractivity contribution in [3.63, 3.8) is 0 Å². The molecule has 2 saturated heterocycles. The molecule has 3 heterocycles. The summed E-state index contributed by atoms with van der Waals surface area (Å²) in [4.78, 5) is 45.0. The van der Waals surface area contributed by atoms with Crippen LogP contribution in [0.3, 0.4) is 0 Å². The highest BCUT2D eigenvalue weighted by molar-refractivity contribution is 5.94. The average molecular weight is 358 g/mol. The largest absolute Gasteiger partial charge is 0.339 e. The predicted molar refractivity (Wildman–Crippen MR) is 99.0 cm³/mol. The maximum absolute atomic E-state index is 12.9. The van der Waals surface area contributed by atoms with Gasteiger partial charge < -0.3 is 14.8 Å². The van der Waals surface area contributed by atoms with E-state index in [-0.39, 0.29) is 22.9 Å². The summed E-state index contributed by atoms with van der Waals surface area (Å²) < 4.78 is 0. The number of H-pyrrole nitrogens is 1. The number of hydrogen-bond donors (Lipinski definition) is 1. The molecule has 1 atom stereocenters. The summed E-state index contributed by atoms with van der Waals surface area (Å²) in [5, 5.41) is 0.